The lowest BCUT2D eigenvalue weighted by Gasteiger charge is -2.17. The molecule has 0 amide bonds. The second-order valence-electron chi connectivity index (χ2n) is 3.21. The number of pyridine rings is 1. The van der Waals surface area contributed by atoms with Crippen LogP contribution in [0.4, 0.5) is 5.82 Å². The van der Waals surface area contributed by atoms with E-state index in [0.717, 1.165) is 0 Å². The molecule has 8 heteroatoms. The van der Waals surface area contributed by atoms with E-state index in [4.69, 9.17) is 11.6 Å². The Morgan fingerprint density at radius 3 is 3.06 bits per heavy atom. The normalized spacial score (nSPS) is 16.4. The number of aromatic nitrogens is 1. The van der Waals surface area contributed by atoms with Crippen molar-refractivity contribution in [2.24, 2.45) is 4.40 Å². The zero-order valence-corrected chi connectivity index (χ0v) is 10.2. The number of anilines is 1. The summed E-state index contributed by atoms with van der Waals surface area (Å²) in [7, 11) is -3.76. The predicted molar refractivity (Wildman–Crippen MR) is 65.7 cm³/mol. The molecule has 6 nitrogen and oxygen atoms in total. The van der Waals surface area contributed by atoms with E-state index in [2.05, 4.69) is 26.6 Å². The fraction of sp³-hybridized carbons (Fsp3) is 0.111. The average molecular weight is 273 g/mol. The van der Waals surface area contributed by atoms with E-state index in [1.54, 1.807) is 6.08 Å². The number of nitrogens with one attached hydrogen (secondary N) is 2. The molecule has 17 heavy (non-hydrogen) atoms. The van der Waals surface area contributed by atoms with Crippen LogP contribution in [-0.2, 0) is 10.0 Å². The summed E-state index contributed by atoms with van der Waals surface area (Å²) in [5.41, 5.74) is 0. The third-order valence-electron chi connectivity index (χ3n) is 1.96. The highest BCUT2D eigenvalue weighted by Gasteiger charge is 2.26. The quantitative estimate of drug-likeness (QED) is 0.784. The van der Waals surface area contributed by atoms with Gasteiger partial charge in [0.05, 0.1) is 5.02 Å². The highest BCUT2D eigenvalue weighted by atomic mass is 35.5. The maximum atomic E-state index is 11.8. The molecule has 2 N–H and O–H groups in total. The minimum atomic E-state index is -3.76. The summed E-state index contributed by atoms with van der Waals surface area (Å²) >= 11 is 5.69. The number of nitrogens with zero attached hydrogens (tertiary/aromatic N) is 2. The molecule has 0 saturated carbocycles. The van der Waals surface area contributed by atoms with Crippen molar-refractivity contribution in [3.05, 3.63) is 29.9 Å². The molecule has 2 rings (SSSR count). The van der Waals surface area contributed by atoms with Gasteiger partial charge >= 0.3 is 0 Å². The van der Waals surface area contributed by atoms with Crippen molar-refractivity contribution in [3.8, 4) is 0 Å². The fourth-order valence-electron chi connectivity index (χ4n) is 1.26. The molecule has 1 aromatic rings. The first-order valence-corrected chi connectivity index (χ1v) is 6.47. The van der Waals surface area contributed by atoms with E-state index in [1.807, 2.05) is 0 Å². The van der Waals surface area contributed by atoms with Crippen LogP contribution in [0.15, 0.2) is 34.2 Å². The Morgan fingerprint density at radius 1 is 1.59 bits per heavy atom. The summed E-state index contributed by atoms with van der Waals surface area (Å²) < 4.78 is 27.2. The molecule has 0 spiro atoms. The summed E-state index contributed by atoms with van der Waals surface area (Å²) in [5.74, 6) is 0.322. The maximum absolute atomic E-state index is 11.8. The van der Waals surface area contributed by atoms with Gasteiger partial charge in [0.1, 0.15) is 4.90 Å². The number of hydrogen-bond donors (Lipinski definition) is 2. The second kappa shape index (κ2) is 4.34. The van der Waals surface area contributed by atoms with Crippen LogP contribution in [0.1, 0.15) is 0 Å². The van der Waals surface area contributed by atoms with Crippen LogP contribution in [0, 0.1) is 0 Å². The molecule has 0 unspecified atom stereocenters. The molecular weight excluding hydrogens is 264 g/mol. The van der Waals surface area contributed by atoms with Gasteiger partial charge in [-0.25, -0.2) is 4.98 Å². The molecular formula is C9H9ClN4O2S. The zero-order valence-electron chi connectivity index (χ0n) is 8.64. The van der Waals surface area contributed by atoms with Crippen molar-refractivity contribution in [3.63, 3.8) is 0 Å². The summed E-state index contributed by atoms with van der Waals surface area (Å²) in [4.78, 5) is 3.87. The van der Waals surface area contributed by atoms with E-state index in [1.165, 1.54) is 12.3 Å². The van der Waals surface area contributed by atoms with Crippen LogP contribution < -0.4 is 10.6 Å². The SMILES string of the molecule is C=CCNC1=NS(=O)(=O)c2cc(Cl)cnc2N1. The molecule has 1 aromatic heterocycles. The number of rotatable bonds is 2. The lowest BCUT2D eigenvalue weighted by molar-refractivity contribution is 0.597. The smallest absolute Gasteiger partial charge is 0.289 e. The summed E-state index contributed by atoms with van der Waals surface area (Å²) in [6.45, 7) is 3.90. The number of hydrogen-bond acceptors (Lipinski definition) is 5. The Bertz CT molecular complexity index is 597. The van der Waals surface area contributed by atoms with Gasteiger partial charge in [-0.2, -0.15) is 8.42 Å². The van der Waals surface area contributed by atoms with E-state index < -0.39 is 10.0 Å². The molecule has 0 fully saturated rings. The lowest BCUT2D eigenvalue weighted by Crippen LogP contribution is -2.35. The summed E-state index contributed by atoms with van der Waals surface area (Å²) in [5, 5.41) is 5.75. The highest BCUT2D eigenvalue weighted by Crippen LogP contribution is 2.26. The molecule has 1 aliphatic rings. The van der Waals surface area contributed by atoms with E-state index in [0.29, 0.717) is 6.54 Å². The van der Waals surface area contributed by atoms with E-state index >= 15 is 0 Å². The first kappa shape index (κ1) is 11.9. The number of fused-ring (bicyclic) bond motifs is 1. The van der Waals surface area contributed by atoms with Crippen molar-refractivity contribution in [1.29, 1.82) is 0 Å². The van der Waals surface area contributed by atoms with Crippen molar-refractivity contribution in [2.75, 3.05) is 11.9 Å². The van der Waals surface area contributed by atoms with Gasteiger partial charge in [-0.1, -0.05) is 17.7 Å². The minimum absolute atomic E-state index is 0.0332. The average Bonchev–Trinajstić information content (AvgIpc) is 2.27. The molecule has 0 bridgehead atoms. The van der Waals surface area contributed by atoms with Crippen LogP contribution in [0.3, 0.4) is 0 Å². The van der Waals surface area contributed by atoms with Crippen molar-refractivity contribution in [2.45, 2.75) is 4.90 Å². The topological polar surface area (TPSA) is 83.5 Å². The third-order valence-corrected chi connectivity index (χ3v) is 3.46. The molecule has 0 atom stereocenters. The molecule has 0 aliphatic carbocycles. The van der Waals surface area contributed by atoms with Gasteiger partial charge in [0.25, 0.3) is 10.0 Å². The summed E-state index contributed by atoms with van der Waals surface area (Å²) in [6.07, 6.45) is 2.95. The van der Waals surface area contributed by atoms with Crippen molar-refractivity contribution < 1.29 is 8.42 Å². The van der Waals surface area contributed by atoms with Crippen LogP contribution in [-0.4, -0.2) is 25.9 Å². The van der Waals surface area contributed by atoms with Crippen LogP contribution in [0.25, 0.3) is 0 Å². The Labute approximate surface area is 103 Å². The van der Waals surface area contributed by atoms with Gasteiger partial charge in [-0.15, -0.1) is 11.0 Å². The molecule has 0 saturated heterocycles. The molecule has 1 aliphatic heterocycles. The Balaban J connectivity index is 2.43. The lowest BCUT2D eigenvalue weighted by atomic mass is 10.4. The van der Waals surface area contributed by atoms with E-state index in [9.17, 15) is 8.42 Å². The first-order chi connectivity index (χ1) is 8.03. The largest absolute Gasteiger partial charge is 0.352 e. The predicted octanol–water partition coefficient (Wildman–Crippen LogP) is 0.981. The number of guanidine groups is 1. The second-order valence-corrected chi connectivity index (χ2v) is 5.22. The Morgan fingerprint density at radius 2 is 2.35 bits per heavy atom. The maximum Gasteiger partial charge on any atom is 0.289 e. The zero-order chi connectivity index (χ0) is 12.5. The van der Waals surface area contributed by atoms with Crippen molar-refractivity contribution >= 4 is 33.4 Å². The van der Waals surface area contributed by atoms with Gasteiger partial charge in [0.15, 0.2) is 5.82 Å². The third kappa shape index (κ3) is 2.40. The Hall–Kier alpha value is -1.60. The van der Waals surface area contributed by atoms with Crippen molar-refractivity contribution in [1.82, 2.24) is 10.3 Å². The van der Waals surface area contributed by atoms with E-state index in [-0.39, 0.29) is 21.7 Å². The molecule has 0 radical (unpaired) electrons. The standard InChI is InChI=1S/C9H9ClN4O2S/c1-2-3-11-9-13-8-7(17(15,16)14-9)4-6(10)5-12-8/h2,4-5H,1,3H2,(H2,11,12,13,14). The van der Waals surface area contributed by atoms with Gasteiger partial charge in [-0.3, -0.25) is 0 Å². The summed E-state index contributed by atoms with van der Waals surface area (Å²) in [6, 6.07) is 1.31. The fourth-order valence-corrected chi connectivity index (χ4v) is 2.56. The monoisotopic (exact) mass is 272 g/mol. The van der Waals surface area contributed by atoms with Gasteiger partial charge in [0, 0.05) is 12.7 Å². The number of halogens is 1. The Kier molecular flexibility index (Phi) is 3.03. The first-order valence-electron chi connectivity index (χ1n) is 4.65. The molecule has 90 valence electrons. The van der Waals surface area contributed by atoms with Crippen LogP contribution >= 0.6 is 11.6 Å². The van der Waals surface area contributed by atoms with Gasteiger partial charge in [-0.05, 0) is 6.07 Å². The molecule has 0 aromatic carbocycles. The van der Waals surface area contributed by atoms with Crippen LogP contribution in [0.5, 0.6) is 0 Å². The highest BCUT2D eigenvalue weighted by molar-refractivity contribution is 7.90. The van der Waals surface area contributed by atoms with Gasteiger partial charge in [0.2, 0.25) is 5.96 Å². The molecule has 2 heterocycles. The number of sulfonamides is 1. The van der Waals surface area contributed by atoms with Crippen LogP contribution in [0.2, 0.25) is 5.02 Å². The van der Waals surface area contributed by atoms with Gasteiger partial charge < -0.3 is 10.6 Å². The minimum Gasteiger partial charge on any atom is -0.352 e.